The van der Waals surface area contributed by atoms with Crippen LogP contribution in [0.25, 0.3) is 0 Å². The van der Waals surface area contributed by atoms with Gasteiger partial charge in [0.25, 0.3) is 0 Å². The molecule has 0 spiro atoms. The number of benzene rings is 3. The molecule has 10 heteroatoms. The van der Waals surface area contributed by atoms with Gasteiger partial charge in [-0.25, -0.2) is 14.5 Å². The highest BCUT2D eigenvalue weighted by Gasteiger charge is 2.42. The molecule has 6 rings (SSSR count). The van der Waals surface area contributed by atoms with E-state index in [2.05, 4.69) is 34.6 Å². The predicted octanol–water partition coefficient (Wildman–Crippen LogP) is 5.37. The van der Waals surface area contributed by atoms with Crippen LogP contribution in [0.15, 0.2) is 96.7 Å². The topological polar surface area (TPSA) is 118 Å². The van der Waals surface area contributed by atoms with Crippen molar-refractivity contribution in [1.29, 1.82) is 0 Å². The quantitative estimate of drug-likeness (QED) is 0.276. The fourth-order valence-corrected chi connectivity index (χ4v) is 6.04. The molecule has 1 unspecified atom stereocenters. The lowest BCUT2D eigenvalue weighted by molar-refractivity contribution is -0.119. The maximum absolute atomic E-state index is 13.9. The van der Waals surface area contributed by atoms with Gasteiger partial charge in [0, 0.05) is 23.4 Å². The molecule has 1 atom stereocenters. The summed E-state index contributed by atoms with van der Waals surface area (Å²) < 4.78 is 6.62. The molecule has 44 heavy (non-hydrogen) atoms. The largest absolute Gasteiger partial charge is 0.465 e. The van der Waals surface area contributed by atoms with Gasteiger partial charge in [-0.1, -0.05) is 50.2 Å². The Morgan fingerprint density at radius 3 is 2.48 bits per heavy atom. The molecule has 0 fully saturated rings. The zero-order valence-corrected chi connectivity index (χ0v) is 24.9. The molecule has 0 radical (unpaired) electrons. The Labute approximate surface area is 255 Å². The second-order valence-electron chi connectivity index (χ2n) is 12.0. The molecule has 0 saturated heterocycles. The number of hydrogen-bond acceptors (Lipinski definition) is 8. The summed E-state index contributed by atoms with van der Waals surface area (Å²) in [4.78, 5) is 45.7. The van der Waals surface area contributed by atoms with E-state index in [-0.39, 0.29) is 23.7 Å². The van der Waals surface area contributed by atoms with Crippen LogP contribution >= 0.6 is 0 Å². The van der Waals surface area contributed by atoms with Crippen LogP contribution in [0.3, 0.4) is 0 Å². The highest BCUT2D eigenvalue weighted by molar-refractivity contribution is 6.02. The number of hydrogen-bond donors (Lipinski definition) is 2. The summed E-state index contributed by atoms with van der Waals surface area (Å²) in [6.07, 6.45) is 4.22. The fraction of sp³-hybridized carbons (Fsp3) is 0.265. The summed E-state index contributed by atoms with van der Waals surface area (Å²) in [5.74, 6) is -0.636. The number of nitrogens with zero attached hydrogens (tertiary/aromatic N) is 4. The summed E-state index contributed by atoms with van der Waals surface area (Å²) in [5.41, 5.74) is 5.78. The van der Waals surface area contributed by atoms with Gasteiger partial charge in [-0.05, 0) is 59.4 Å². The van der Waals surface area contributed by atoms with Crippen molar-refractivity contribution in [2.24, 2.45) is 5.41 Å². The van der Waals surface area contributed by atoms with Gasteiger partial charge in [0.2, 0.25) is 5.91 Å². The minimum atomic E-state index is -0.563. The van der Waals surface area contributed by atoms with Gasteiger partial charge in [0.15, 0.2) is 5.78 Å². The molecule has 2 aliphatic rings. The Morgan fingerprint density at radius 2 is 1.77 bits per heavy atom. The first-order valence-corrected chi connectivity index (χ1v) is 14.5. The van der Waals surface area contributed by atoms with Crippen LogP contribution < -0.4 is 15.5 Å². The van der Waals surface area contributed by atoms with Crippen LogP contribution in [0.4, 0.5) is 17.1 Å². The van der Waals surface area contributed by atoms with Crippen LogP contribution in [-0.4, -0.2) is 46.1 Å². The Kier molecular flexibility index (Phi) is 7.73. The number of anilines is 3. The molecule has 1 aliphatic heterocycles. The lowest BCUT2D eigenvalue weighted by Gasteiger charge is -2.38. The number of amides is 1. The van der Waals surface area contributed by atoms with Crippen molar-refractivity contribution in [2.45, 2.75) is 39.3 Å². The van der Waals surface area contributed by atoms with E-state index in [9.17, 15) is 14.4 Å². The molecule has 4 aromatic rings. The first-order valence-electron chi connectivity index (χ1n) is 14.5. The molecule has 0 bridgehead atoms. The summed E-state index contributed by atoms with van der Waals surface area (Å²) in [6.45, 7) is 4.74. The summed E-state index contributed by atoms with van der Waals surface area (Å²) >= 11 is 0. The average molecular weight is 591 g/mol. The van der Waals surface area contributed by atoms with Crippen LogP contribution in [0.1, 0.15) is 54.2 Å². The molecule has 1 amide bonds. The third-order valence-corrected chi connectivity index (χ3v) is 8.01. The van der Waals surface area contributed by atoms with Gasteiger partial charge < -0.3 is 20.3 Å². The SMILES string of the molecule is COC(=O)c1ccc(C2C3=C(CC(C)(C)CC3=O)Nc3ccccc3N2CC(=O)Nc2ccc(Cn3cncn3)cc2)cc1. The minimum Gasteiger partial charge on any atom is -0.465 e. The Hall–Kier alpha value is -5.25. The van der Waals surface area contributed by atoms with E-state index in [0.29, 0.717) is 36.2 Å². The number of methoxy groups -OCH3 is 1. The number of carbonyl (C=O) groups is 3. The van der Waals surface area contributed by atoms with E-state index in [0.717, 1.165) is 28.2 Å². The lowest BCUT2D eigenvalue weighted by atomic mass is 9.73. The molecule has 224 valence electrons. The number of ketones is 1. The normalized spacial score (nSPS) is 17.2. The van der Waals surface area contributed by atoms with Crippen molar-refractivity contribution in [3.8, 4) is 0 Å². The third-order valence-electron chi connectivity index (χ3n) is 8.01. The molecule has 10 nitrogen and oxygen atoms in total. The van der Waals surface area contributed by atoms with Crippen molar-refractivity contribution in [1.82, 2.24) is 14.8 Å². The molecule has 3 aromatic carbocycles. The fourth-order valence-electron chi connectivity index (χ4n) is 6.04. The predicted molar refractivity (Wildman–Crippen MR) is 167 cm³/mol. The first-order chi connectivity index (χ1) is 21.2. The standard InChI is InChI=1S/C34H34N6O4/c1-34(2)16-27-31(29(41)17-34)32(23-10-12-24(13-11-23)33(43)44-3)40(28-7-5-4-6-26(28)38-27)19-30(42)37-25-14-8-22(9-15-25)18-39-21-35-20-36-39/h4-15,20-21,32,38H,16-19H2,1-3H3,(H,37,42). The van der Waals surface area contributed by atoms with Crippen molar-refractivity contribution in [2.75, 3.05) is 29.2 Å². The monoisotopic (exact) mass is 590 g/mol. The summed E-state index contributed by atoms with van der Waals surface area (Å²) in [5, 5.41) is 10.7. The number of Topliss-reactive ketones (excluding diaryl/α,β-unsaturated/α-hetero) is 1. The molecule has 0 saturated carbocycles. The van der Waals surface area contributed by atoms with E-state index >= 15 is 0 Å². The number of fused-ring (bicyclic) bond motifs is 1. The Balaban J connectivity index is 1.36. The summed E-state index contributed by atoms with van der Waals surface area (Å²) in [7, 11) is 1.34. The lowest BCUT2D eigenvalue weighted by Crippen LogP contribution is -2.40. The molecule has 2 heterocycles. The molecular weight excluding hydrogens is 556 g/mol. The molecule has 1 aliphatic carbocycles. The van der Waals surface area contributed by atoms with Gasteiger partial charge in [0.05, 0.1) is 43.2 Å². The number of ether oxygens (including phenoxy) is 1. The highest BCUT2D eigenvalue weighted by atomic mass is 16.5. The number of para-hydroxylation sites is 2. The molecule has 1 aromatic heterocycles. The second-order valence-corrected chi connectivity index (χ2v) is 12.0. The van der Waals surface area contributed by atoms with Gasteiger partial charge >= 0.3 is 5.97 Å². The number of nitrogens with one attached hydrogen (secondary N) is 2. The van der Waals surface area contributed by atoms with Crippen molar-refractivity contribution >= 4 is 34.7 Å². The Morgan fingerprint density at radius 1 is 1.02 bits per heavy atom. The zero-order chi connectivity index (χ0) is 30.8. The minimum absolute atomic E-state index is 0.0176. The molecular formula is C34H34N6O4. The highest BCUT2D eigenvalue weighted by Crippen LogP contribution is 2.48. The number of rotatable bonds is 7. The maximum atomic E-state index is 13.9. The van der Waals surface area contributed by atoms with E-state index in [1.807, 2.05) is 65.6 Å². The van der Waals surface area contributed by atoms with Gasteiger partial charge in [0.1, 0.15) is 12.7 Å². The number of allylic oxidation sites excluding steroid dienone is 1. The number of aromatic nitrogens is 3. The van der Waals surface area contributed by atoms with E-state index in [1.165, 1.54) is 13.4 Å². The smallest absolute Gasteiger partial charge is 0.337 e. The first kappa shape index (κ1) is 28.9. The maximum Gasteiger partial charge on any atom is 0.337 e. The number of esters is 1. The van der Waals surface area contributed by atoms with Crippen molar-refractivity contribution in [3.63, 3.8) is 0 Å². The van der Waals surface area contributed by atoms with Crippen molar-refractivity contribution < 1.29 is 19.1 Å². The van der Waals surface area contributed by atoms with Crippen LogP contribution in [0.5, 0.6) is 0 Å². The Bertz CT molecular complexity index is 1730. The molecule has 2 N–H and O–H groups in total. The van der Waals surface area contributed by atoms with Crippen LogP contribution in [-0.2, 0) is 20.9 Å². The van der Waals surface area contributed by atoms with Gasteiger partial charge in [-0.2, -0.15) is 5.10 Å². The third kappa shape index (κ3) is 5.96. The number of carbonyl (C=O) groups excluding carboxylic acids is 3. The van der Waals surface area contributed by atoms with E-state index in [1.54, 1.807) is 23.1 Å². The van der Waals surface area contributed by atoms with Gasteiger partial charge in [-0.15, -0.1) is 0 Å². The van der Waals surface area contributed by atoms with E-state index < -0.39 is 12.0 Å². The van der Waals surface area contributed by atoms with Crippen LogP contribution in [0, 0.1) is 5.41 Å². The second kappa shape index (κ2) is 11.8. The van der Waals surface area contributed by atoms with Crippen LogP contribution in [0.2, 0.25) is 0 Å². The zero-order valence-electron chi connectivity index (χ0n) is 24.9. The average Bonchev–Trinajstić information content (AvgIpc) is 3.47. The van der Waals surface area contributed by atoms with E-state index in [4.69, 9.17) is 4.74 Å². The van der Waals surface area contributed by atoms with Crippen molar-refractivity contribution in [3.05, 3.63) is 113 Å². The summed E-state index contributed by atoms with van der Waals surface area (Å²) in [6, 6.07) is 21.9. The van der Waals surface area contributed by atoms with Gasteiger partial charge in [-0.3, -0.25) is 9.59 Å².